The van der Waals surface area contributed by atoms with Gasteiger partial charge in [0.2, 0.25) is 0 Å². The minimum Gasteiger partial charge on any atom is -0.504 e. The SMILES string of the molecule is CCCCC(CC(O)c1ccc(O)c(O)c1)C(N)(N)CC(O)c1ccc(O)c(O)c1.Cl. The zero-order chi connectivity index (χ0) is 22.5. The Morgan fingerprint density at radius 2 is 1.29 bits per heavy atom. The van der Waals surface area contributed by atoms with E-state index in [1.165, 1.54) is 36.4 Å². The standard InChI is InChI=1S/C22H32N2O6.ClH/c1-2-3-4-15(11-18(27)13-5-7-16(25)19(28)9-13)22(23,24)12-21(30)14-6-8-17(26)20(29)10-14;/h5-10,15,18,21,25-30H,2-4,11-12,23-24H2,1H3;1H. The number of aliphatic hydroxyl groups excluding tert-OH is 2. The van der Waals surface area contributed by atoms with Crippen LogP contribution in [0.2, 0.25) is 0 Å². The Bertz CT molecular complexity index is 849. The summed E-state index contributed by atoms with van der Waals surface area (Å²) >= 11 is 0. The van der Waals surface area contributed by atoms with Crippen LogP contribution in [0.3, 0.4) is 0 Å². The average Bonchev–Trinajstić information content (AvgIpc) is 2.68. The molecule has 10 N–H and O–H groups in total. The zero-order valence-corrected chi connectivity index (χ0v) is 18.3. The fraction of sp³-hybridized carbons (Fsp3) is 0.455. The molecule has 0 heterocycles. The van der Waals surface area contributed by atoms with Crippen molar-refractivity contribution in [2.24, 2.45) is 17.4 Å². The van der Waals surface area contributed by atoms with E-state index < -0.39 is 17.9 Å². The fourth-order valence-electron chi connectivity index (χ4n) is 3.58. The predicted molar refractivity (Wildman–Crippen MR) is 120 cm³/mol. The summed E-state index contributed by atoms with van der Waals surface area (Å²) in [4.78, 5) is 0. The second-order valence-corrected chi connectivity index (χ2v) is 7.92. The van der Waals surface area contributed by atoms with Gasteiger partial charge in [0, 0.05) is 6.42 Å². The molecule has 0 saturated carbocycles. The van der Waals surface area contributed by atoms with Crippen LogP contribution in [0.15, 0.2) is 36.4 Å². The molecule has 0 amide bonds. The molecule has 9 heteroatoms. The van der Waals surface area contributed by atoms with Gasteiger partial charge in [-0.1, -0.05) is 31.9 Å². The van der Waals surface area contributed by atoms with Gasteiger partial charge in [-0.05, 0) is 54.2 Å². The molecule has 3 unspecified atom stereocenters. The number of nitrogens with two attached hydrogens (primary N) is 2. The lowest BCUT2D eigenvalue weighted by Crippen LogP contribution is -2.56. The molecule has 0 radical (unpaired) electrons. The van der Waals surface area contributed by atoms with Crippen LogP contribution in [0.25, 0.3) is 0 Å². The van der Waals surface area contributed by atoms with Crippen LogP contribution in [-0.4, -0.2) is 36.3 Å². The second kappa shape index (κ2) is 11.4. The van der Waals surface area contributed by atoms with Crippen molar-refractivity contribution in [1.29, 1.82) is 0 Å². The molecular weight excluding hydrogens is 424 g/mol. The summed E-state index contributed by atoms with van der Waals surface area (Å²) in [6.45, 7) is 2.02. The van der Waals surface area contributed by atoms with Gasteiger partial charge in [0.25, 0.3) is 0 Å². The molecule has 174 valence electrons. The Morgan fingerprint density at radius 1 is 0.806 bits per heavy atom. The van der Waals surface area contributed by atoms with Crippen LogP contribution in [0.1, 0.15) is 62.4 Å². The normalized spacial score (nSPS) is 14.5. The molecular formula is C22H33ClN2O6. The maximum atomic E-state index is 10.7. The highest BCUT2D eigenvalue weighted by Gasteiger charge is 2.35. The average molecular weight is 457 g/mol. The molecule has 0 spiro atoms. The summed E-state index contributed by atoms with van der Waals surface area (Å²) in [5.41, 5.74) is 12.2. The Kier molecular flexibility index (Phi) is 9.86. The number of phenolic OH excluding ortho intramolecular Hbond substituents is 4. The summed E-state index contributed by atoms with van der Waals surface area (Å²) in [7, 11) is 0. The monoisotopic (exact) mass is 456 g/mol. The van der Waals surface area contributed by atoms with Crippen LogP contribution >= 0.6 is 12.4 Å². The van der Waals surface area contributed by atoms with Crippen LogP contribution in [0.4, 0.5) is 0 Å². The molecule has 0 aliphatic carbocycles. The topological polar surface area (TPSA) is 173 Å². The number of aliphatic hydroxyl groups is 2. The largest absolute Gasteiger partial charge is 0.504 e. The van der Waals surface area contributed by atoms with Gasteiger partial charge in [-0.25, -0.2) is 0 Å². The molecule has 0 aliphatic heterocycles. The number of hydrogen-bond acceptors (Lipinski definition) is 8. The number of aromatic hydroxyl groups is 4. The van der Waals surface area contributed by atoms with E-state index in [0.29, 0.717) is 17.5 Å². The number of benzene rings is 2. The van der Waals surface area contributed by atoms with Gasteiger partial charge >= 0.3 is 0 Å². The number of unbranched alkanes of at least 4 members (excludes halogenated alkanes) is 1. The molecule has 3 atom stereocenters. The van der Waals surface area contributed by atoms with E-state index >= 15 is 0 Å². The first kappa shape index (κ1) is 26.8. The quantitative estimate of drug-likeness (QED) is 0.199. The number of phenols is 4. The summed E-state index contributed by atoms with van der Waals surface area (Å²) in [5.74, 6) is -1.61. The third-order valence-corrected chi connectivity index (χ3v) is 5.49. The van der Waals surface area contributed by atoms with Crippen molar-refractivity contribution in [2.75, 3.05) is 0 Å². The molecule has 0 aromatic heterocycles. The van der Waals surface area contributed by atoms with E-state index in [1.807, 2.05) is 6.92 Å². The first-order chi connectivity index (χ1) is 14.0. The summed E-state index contributed by atoms with van der Waals surface area (Å²) < 4.78 is 0. The van der Waals surface area contributed by atoms with Gasteiger partial charge in [0.1, 0.15) is 0 Å². The van der Waals surface area contributed by atoms with Crippen molar-refractivity contribution in [3.05, 3.63) is 47.5 Å². The highest BCUT2D eigenvalue weighted by molar-refractivity contribution is 5.85. The maximum Gasteiger partial charge on any atom is 0.157 e. The summed E-state index contributed by atoms with van der Waals surface area (Å²) in [5, 5.41) is 59.5. The van der Waals surface area contributed by atoms with E-state index in [2.05, 4.69) is 0 Å². The molecule has 0 saturated heterocycles. The lowest BCUT2D eigenvalue weighted by atomic mass is 9.79. The molecule has 2 aromatic rings. The van der Waals surface area contributed by atoms with Crippen LogP contribution in [0, 0.1) is 5.92 Å². The third kappa shape index (κ3) is 7.15. The highest BCUT2D eigenvalue weighted by atomic mass is 35.5. The molecule has 2 rings (SSSR count). The zero-order valence-electron chi connectivity index (χ0n) is 17.5. The highest BCUT2D eigenvalue weighted by Crippen LogP contribution is 2.36. The van der Waals surface area contributed by atoms with Crippen LogP contribution in [0.5, 0.6) is 23.0 Å². The lowest BCUT2D eigenvalue weighted by molar-refractivity contribution is 0.0708. The van der Waals surface area contributed by atoms with Crippen LogP contribution in [-0.2, 0) is 0 Å². The third-order valence-electron chi connectivity index (χ3n) is 5.49. The molecule has 0 bridgehead atoms. The van der Waals surface area contributed by atoms with Gasteiger partial charge in [0.05, 0.1) is 17.9 Å². The number of hydrogen-bond donors (Lipinski definition) is 8. The van der Waals surface area contributed by atoms with Gasteiger partial charge in [-0.3, -0.25) is 0 Å². The van der Waals surface area contributed by atoms with E-state index in [-0.39, 0.29) is 54.2 Å². The smallest absolute Gasteiger partial charge is 0.157 e. The second-order valence-electron chi connectivity index (χ2n) is 7.92. The van der Waals surface area contributed by atoms with Crippen molar-refractivity contribution in [3.8, 4) is 23.0 Å². The number of rotatable bonds is 10. The van der Waals surface area contributed by atoms with Crippen molar-refractivity contribution in [2.45, 2.75) is 56.9 Å². The Balaban J connectivity index is 0.00000480. The molecule has 8 nitrogen and oxygen atoms in total. The Labute approximate surface area is 188 Å². The summed E-state index contributed by atoms with van der Waals surface area (Å²) in [6, 6.07) is 8.11. The first-order valence-electron chi connectivity index (χ1n) is 10.0. The molecule has 0 aliphatic rings. The van der Waals surface area contributed by atoms with Crippen LogP contribution < -0.4 is 11.5 Å². The fourth-order valence-corrected chi connectivity index (χ4v) is 3.58. The van der Waals surface area contributed by atoms with Gasteiger partial charge in [-0.15, -0.1) is 12.4 Å². The predicted octanol–water partition coefficient (Wildman–Crippen LogP) is 2.90. The van der Waals surface area contributed by atoms with Gasteiger partial charge < -0.3 is 42.1 Å². The van der Waals surface area contributed by atoms with Gasteiger partial charge in [0.15, 0.2) is 23.0 Å². The Morgan fingerprint density at radius 3 is 1.74 bits per heavy atom. The first-order valence-corrected chi connectivity index (χ1v) is 10.0. The van der Waals surface area contributed by atoms with Crippen molar-refractivity contribution < 1.29 is 30.6 Å². The van der Waals surface area contributed by atoms with Crippen molar-refractivity contribution in [3.63, 3.8) is 0 Å². The Hall–Kier alpha value is -2.23. The minimum atomic E-state index is -1.33. The van der Waals surface area contributed by atoms with E-state index in [1.54, 1.807) is 0 Å². The van der Waals surface area contributed by atoms with Crippen molar-refractivity contribution in [1.82, 2.24) is 0 Å². The molecule has 0 fully saturated rings. The van der Waals surface area contributed by atoms with E-state index in [9.17, 15) is 30.6 Å². The molecule has 2 aromatic carbocycles. The lowest BCUT2D eigenvalue weighted by Gasteiger charge is -2.37. The summed E-state index contributed by atoms with van der Waals surface area (Å²) in [6.07, 6.45) is 0.467. The van der Waals surface area contributed by atoms with E-state index in [0.717, 1.165) is 12.8 Å². The maximum absolute atomic E-state index is 10.7. The van der Waals surface area contributed by atoms with Crippen molar-refractivity contribution >= 4 is 12.4 Å². The molecule has 31 heavy (non-hydrogen) atoms. The van der Waals surface area contributed by atoms with Gasteiger partial charge in [-0.2, -0.15) is 0 Å². The van der Waals surface area contributed by atoms with E-state index in [4.69, 9.17) is 11.5 Å². The minimum absolute atomic E-state index is 0. The number of halogens is 1.